The van der Waals surface area contributed by atoms with Crippen molar-refractivity contribution in [3.05, 3.63) is 229 Å². The normalized spacial score (nSPS) is 14.1. The molecule has 0 fully saturated rings. The van der Waals surface area contributed by atoms with Gasteiger partial charge in [0, 0.05) is 75.5 Å². The number of benzene rings is 10. The van der Waals surface area contributed by atoms with Gasteiger partial charge in [-0.1, -0.05) is 203 Å². The van der Waals surface area contributed by atoms with Crippen LogP contribution in [0.15, 0.2) is 232 Å². The Hall–Kier alpha value is -7.64. The summed E-state index contributed by atoms with van der Waals surface area (Å²) in [5.74, 6) is 0.433. The Morgan fingerprint density at radius 2 is 1.20 bits per heavy atom. The summed E-state index contributed by atoms with van der Waals surface area (Å²) in [6.45, 7) is 9.48. The van der Waals surface area contributed by atoms with Crippen LogP contribution in [-0.4, -0.2) is 12.3 Å². The molecule has 74 heavy (non-hydrogen) atoms. The summed E-state index contributed by atoms with van der Waals surface area (Å²) >= 11 is 3.77. The average Bonchev–Trinajstić information content (AvgIpc) is 4.04. The predicted octanol–water partition coefficient (Wildman–Crippen LogP) is 18.4. The molecule has 0 saturated carbocycles. The lowest BCUT2D eigenvalue weighted by Gasteiger charge is -2.38. The van der Waals surface area contributed by atoms with E-state index in [1.54, 1.807) is 0 Å². The third-order valence-corrected chi connectivity index (χ3v) is 18.3. The van der Waals surface area contributed by atoms with Gasteiger partial charge in [0.25, 0.3) is 0 Å². The van der Waals surface area contributed by atoms with E-state index in [2.05, 4.69) is 262 Å². The first-order chi connectivity index (χ1) is 36.3. The van der Waals surface area contributed by atoms with Gasteiger partial charge in [0.15, 0.2) is 7.28 Å². The molecule has 0 unspecified atom stereocenters. The van der Waals surface area contributed by atoms with Gasteiger partial charge in [-0.3, -0.25) is 0 Å². The van der Waals surface area contributed by atoms with Crippen LogP contribution in [0.5, 0.6) is 0 Å². The average molecular weight is 987 g/mol. The molecule has 10 aromatic carbocycles. The molecule has 1 atom stereocenters. The Morgan fingerprint density at radius 1 is 0.554 bits per heavy atom. The molecule has 0 saturated heterocycles. The second kappa shape index (κ2) is 17.8. The van der Waals surface area contributed by atoms with Gasteiger partial charge in [-0.05, 0) is 129 Å². The van der Waals surface area contributed by atoms with E-state index in [9.17, 15) is 0 Å². The minimum absolute atomic E-state index is 0.244. The van der Waals surface area contributed by atoms with Crippen molar-refractivity contribution in [3.8, 4) is 33.5 Å². The molecule has 1 radical (unpaired) electrons. The van der Waals surface area contributed by atoms with Crippen LogP contribution in [0, 0.1) is 0 Å². The molecule has 11 aromatic rings. The van der Waals surface area contributed by atoms with E-state index in [4.69, 9.17) is 0 Å². The lowest BCUT2D eigenvalue weighted by molar-refractivity contribution is 0.665. The van der Waals surface area contributed by atoms with Gasteiger partial charge in [-0.25, -0.2) is 0 Å². The number of para-hydroxylation sites is 2. The quantitative estimate of drug-likeness (QED) is 0.146. The topological polar surface area (TPSA) is 22.3 Å². The number of nitrogens with zero attached hydrogens (tertiary/aromatic N) is 2. The number of H-pyrrole nitrogens is 1. The van der Waals surface area contributed by atoms with Crippen LogP contribution in [0.4, 0.5) is 34.1 Å². The van der Waals surface area contributed by atoms with E-state index in [0.717, 1.165) is 41.1 Å². The Balaban J connectivity index is 1.09. The van der Waals surface area contributed by atoms with Crippen molar-refractivity contribution in [2.45, 2.75) is 71.5 Å². The van der Waals surface area contributed by atoms with Crippen molar-refractivity contribution in [1.29, 1.82) is 0 Å². The van der Waals surface area contributed by atoms with Crippen LogP contribution in [0.1, 0.15) is 63.1 Å². The molecule has 0 spiro atoms. The standard InChI is InChI=1S/C68H53BN3S2/c1-5-21-42(2)44-34-35-56(51(36-44)43-22-9-6-10-23-43)72-57-41-62-61(73-59-32-19-20-33-60(59)74-62)40-55(57)69-65-58(72)37-45-24-15-16-29-49(45)63(65)52-38-48(71(46-25-11-7-12-26-46)47-27-13-8-14-28-47)39-53-64-67(70-66(52)53)50-30-17-18-31-54(50)68(64,3)4/h6-20,22-42,70H,5,21H2,1-4H3/t42-/m0/s1. The molecule has 355 valence electrons. The predicted molar refractivity (Wildman–Crippen MR) is 317 cm³/mol. The highest BCUT2D eigenvalue weighted by Gasteiger charge is 2.40. The monoisotopic (exact) mass is 986 g/mol. The largest absolute Gasteiger partial charge is 0.354 e. The third kappa shape index (κ3) is 7.21. The fraction of sp³-hybridized carbons (Fsp3) is 0.118. The number of hydrogen-bond donors (Lipinski definition) is 1. The SMILES string of the molecule is CCC[C@H](C)c1ccc(N2c3cc4c(cc3[B]c3c2cc2ccccc2c3-c2cc(N(c3ccccc3)c3ccccc3)cc3c5c([nH]c23)-c2ccccc2C5(C)C)Sc2ccccc2S4)c(-c2ccccc2)c1. The molecule has 1 aliphatic carbocycles. The van der Waals surface area contributed by atoms with Gasteiger partial charge < -0.3 is 14.8 Å². The van der Waals surface area contributed by atoms with Gasteiger partial charge in [-0.15, -0.1) is 0 Å². The number of nitrogens with one attached hydrogen (secondary N) is 1. The minimum atomic E-state index is -0.244. The summed E-state index contributed by atoms with van der Waals surface area (Å²) in [4.78, 5) is 14.4. The number of anilines is 6. The number of rotatable bonds is 9. The summed E-state index contributed by atoms with van der Waals surface area (Å²) < 4.78 is 0. The maximum absolute atomic E-state index is 4.19. The van der Waals surface area contributed by atoms with Crippen LogP contribution in [0.3, 0.4) is 0 Å². The number of hydrogen-bond acceptors (Lipinski definition) is 4. The van der Waals surface area contributed by atoms with Crippen LogP contribution >= 0.6 is 23.5 Å². The van der Waals surface area contributed by atoms with E-state index in [0.29, 0.717) is 5.92 Å². The van der Waals surface area contributed by atoms with Gasteiger partial charge in [0.05, 0.1) is 16.9 Å². The highest BCUT2D eigenvalue weighted by atomic mass is 32.2. The van der Waals surface area contributed by atoms with Gasteiger partial charge in [0.2, 0.25) is 0 Å². The zero-order chi connectivity index (χ0) is 49.7. The lowest BCUT2D eigenvalue weighted by atomic mass is 9.57. The molecule has 3 aliphatic rings. The molecule has 6 heteroatoms. The molecule has 3 nitrogen and oxygen atoms in total. The highest BCUT2D eigenvalue weighted by molar-refractivity contribution is 8.05. The van der Waals surface area contributed by atoms with Crippen molar-refractivity contribution in [1.82, 2.24) is 4.98 Å². The maximum Gasteiger partial charge on any atom is 0.197 e. The molecule has 1 aromatic heterocycles. The summed E-state index contributed by atoms with van der Waals surface area (Å²) in [5, 5.41) is 3.65. The Labute approximate surface area is 443 Å². The fourth-order valence-corrected chi connectivity index (χ4v) is 14.6. The summed E-state index contributed by atoms with van der Waals surface area (Å²) in [6, 6.07) is 79.3. The van der Waals surface area contributed by atoms with E-state index >= 15 is 0 Å². The molecule has 2 aliphatic heterocycles. The molecule has 3 heterocycles. The Bertz CT molecular complexity index is 3970. The van der Waals surface area contributed by atoms with E-state index in [1.807, 2.05) is 23.5 Å². The number of aromatic amines is 1. The maximum atomic E-state index is 4.19. The summed E-state index contributed by atoms with van der Waals surface area (Å²) in [6.07, 6.45) is 2.28. The molecular formula is C68H53BN3S2. The minimum Gasteiger partial charge on any atom is -0.354 e. The van der Waals surface area contributed by atoms with Crippen molar-refractivity contribution >= 4 is 97.5 Å². The van der Waals surface area contributed by atoms with Gasteiger partial charge >= 0.3 is 0 Å². The van der Waals surface area contributed by atoms with E-state index < -0.39 is 0 Å². The Morgan fingerprint density at radius 3 is 1.93 bits per heavy atom. The van der Waals surface area contributed by atoms with Crippen molar-refractivity contribution in [2.24, 2.45) is 0 Å². The molecule has 1 N–H and O–H groups in total. The zero-order valence-electron chi connectivity index (χ0n) is 42.0. The summed E-state index contributed by atoms with van der Waals surface area (Å²) in [7, 11) is 2.51. The zero-order valence-corrected chi connectivity index (χ0v) is 43.6. The molecule has 0 bridgehead atoms. The van der Waals surface area contributed by atoms with Gasteiger partial charge in [-0.2, -0.15) is 0 Å². The molecule has 0 amide bonds. The Kier molecular flexibility index (Phi) is 10.8. The molecular weight excluding hydrogens is 934 g/mol. The smallest absolute Gasteiger partial charge is 0.197 e. The lowest BCUT2D eigenvalue weighted by Crippen LogP contribution is -2.41. The first kappa shape index (κ1) is 45.0. The second-order valence-electron chi connectivity index (χ2n) is 20.7. The van der Waals surface area contributed by atoms with E-state index in [1.165, 1.54) is 108 Å². The molecule has 14 rings (SSSR count). The first-order valence-electron chi connectivity index (χ1n) is 26.1. The summed E-state index contributed by atoms with van der Waals surface area (Å²) in [5.41, 5.74) is 21.5. The second-order valence-corrected chi connectivity index (χ2v) is 22.9. The van der Waals surface area contributed by atoms with Crippen LogP contribution in [0.2, 0.25) is 0 Å². The van der Waals surface area contributed by atoms with Crippen LogP contribution < -0.4 is 20.7 Å². The fourth-order valence-electron chi connectivity index (χ4n) is 12.3. The van der Waals surface area contributed by atoms with Crippen molar-refractivity contribution in [2.75, 3.05) is 9.80 Å². The van der Waals surface area contributed by atoms with Crippen LogP contribution in [-0.2, 0) is 5.41 Å². The number of aromatic nitrogens is 1. The van der Waals surface area contributed by atoms with Crippen molar-refractivity contribution in [3.63, 3.8) is 0 Å². The van der Waals surface area contributed by atoms with Crippen molar-refractivity contribution < 1.29 is 0 Å². The third-order valence-electron chi connectivity index (χ3n) is 15.8. The first-order valence-corrected chi connectivity index (χ1v) is 27.7. The van der Waals surface area contributed by atoms with Crippen LogP contribution in [0.25, 0.3) is 55.2 Å². The number of fused-ring (bicyclic) bond motifs is 10. The van der Waals surface area contributed by atoms with Gasteiger partial charge in [0.1, 0.15) is 0 Å². The van der Waals surface area contributed by atoms with E-state index in [-0.39, 0.29) is 5.41 Å². The highest BCUT2D eigenvalue weighted by Crippen LogP contribution is 2.56.